The molecule has 0 aliphatic carbocycles. The maximum Gasteiger partial charge on any atom is 1.00 e. The number of carbonyl (C=O) groups is 3. The second-order valence-corrected chi connectivity index (χ2v) is 2.52. The summed E-state index contributed by atoms with van der Waals surface area (Å²) in [6.07, 6.45) is 0.337. The molecule has 0 fully saturated rings. The summed E-state index contributed by atoms with van der Waals surface area (Å²) in [6.45, 7) is 3.13. The molecule has 0 aromatic heterocycles. The summed E-state index contributed by atoms with van der Waals surface area (Å²) in [6, 6.07) is -1.29. The van der Waals surface area contributed by atoms with E-state index >= 15 is 0 Å². The SMILES string of the molecule is C=CC(=O)N[C@@H](CCC(=O)O)C(=O)[O-].[Na+]. The van der Waals surface area contributed by atoms with Crippen LogP contribution in [0.2, 0.25) is 0 Å². The second kappa shape index (κ2) is 8.46. The Bertz CT molecular complexity index is 266. The van der Waals surface area contributed by atoms with Crippen molar-refractivity contribution in [3.8, 4) is 0 Å². The molecule has 0 unspecified atom stereocenters. The smallest absolute Gasteiger partial charge is 0.548 e. The summed E-state index contributed by atoms with van der Waals surface area (Å²) >= 11 is 0. The van der Waals surface area contributed by atoms with Crippen LogP contribution in [0.4, 0.5) is 0 Å². The third-order valence-corrected chi connectivity index (χ3v) is 1.43. The molecule has 7 heteroatoms. The first-order chi connectivity index (χ1) is 6.47. The Morgan fingerprint density at radius 1 is 1.47 bits per heavy atom. The summed E-state index contributed by atoms with van der Waals surface area (Å²) in [7, 11) is 0. The van der Waals surface area contributed by atoms with Gasteiger partial charge in [0, 0.05) is 6.42 Å². The van der Waals surface area contributed by atoms with E-state index in [-0.39, 0.29) is 42.4 Å². The molecule has 15 heavy (non-hydrogen) atoms. The summed E-state index contributed by atoms with van der Waals surface area (Å²) in [5.41, 5.74) is 0. The van der Waals surface area contributed by atoms with Gasteiger partial charge in [-0.15, -0.1) is 0 Å². The number of carboxylic acid groups (broad SMARTS) is 2. The molecule has 0 aliphatic heterocycles. The molecule has 0 bridgehead atoms. The van der Waals surface area contributed by atoms with Crippen LogP contribution in [0.15, 0.2) is 12.7 Å². The number of rotatable bonds is 6. The van der Waals surface area contributed by atoms with Crippen LogP contribution >= 0.6 is 0 Å². The monoisotopic (exact) mass is 223 g/mol. The average molecular weight is 223 g/mol. The quantitative estimate of drug-likeness (QED) is 0.347. The van der Waals surface area contributed by atoms with Crippen LogP contribution in [0.1, 0.15) is 12.8 Å². The van der Waals surface area contributed by atoms with E-state index in [4.69, 9.17) is 5.11 Å². The summed E-state index contributed by atoms with van der Waals surface area (Å²) in [5, 5.41) is 20.7. The Kier molecular flexibility index (Phi) is 9.35. The largest absolute Gasteiger partial charge is 1.00 e. The molecule has 1 atom stereocenters. The number of aliphatic carboxylic acids is 2. The summed E-state index contributed by atoms with van der Waals surface area (Å²) in [4.78, 5) is 31.2. The average Bonchev–Trinajstić information content (AvgIpc) is 2.10. The third-order valence-electron chi connectivity index (χ3n) is 1.43. The Morgan fingerprint density at radius 2 is 2.00 bits per heavy atom. The van der Waals surface area contributed by atoms with Gasteiger partial charge in [-0.25, -0.2) is 0 Å². The van der Waals surface area contributed by atoms with E-state index in [0.717, 1.165) is 6.08 Å². The molecular formula is C8H10NNaO5. The fourth-order valence-corrected chi connectivity index (χ4v) is 0.747. The molecule has 0 saturated heterocycles. The molecule has 6 nitrogen and oxygen atoms in total. The first-order valence-corrected chi connectivity index (χ1v) is 3.83. The van der Waals surface area contributed by atoms with Crippen LogP contribution in [0.3, 0.4) is 0 Å². The summed E-state index contributed by atoms with van der Waals surface area (Å²) in [5.74, 6) is -3.32. The van der Waals surface area contributed by atoms with Crippen molar-refractivity contribution in [1.82, 2.24) is 5.32 Å². The number of hydrogen-bond donors (Lipinski definition) is 2. The first-order valence-electron chi connectivity index (χ1n) is 3.83. The van der Waals surface area contributed by atoms with Crippen molar-refractivity contribution in [2.75, 3.05) is 0 Å². The first kappa shape index (κ1) is 16.6. The Balaban J connectivity index is 0. The van der Waals surface area contributed by atoms with Gasteiger partial charge in [0.05, 0.1) is 12.0 Å². The van der Waals surface area contributed by atoms with E-state index < -0.39 is 23.9 Å². The predicted molar refractivity (Wildman–Crippen MR) is 44.0 cm³/mol. The van der Waals surface area contributed by atoms with Gasteiger partial charge in [-0.2, -0.15) is 0 Å². The van der Waals surface area contributed by atoms with Crippen molar-refractivity contribution in [2.24, 2.45) is 0 Å². The number of nitrogens with one attached hydrogen (secondary N) is 1. The predicted octanol–water partition coefficient (Wildman–Crippen LogP) is -4.72. The zero-order valence-electron chi connectivity index (χ0n) is 8.36. The zero-order valence-corrected chi connectivity index (χ0v) is 10.4. The van der Waals surface area contributed by atoms with Gasteiger partial charge in [0.2, 0.25) is 5.91 Å². The topological polar surface area (TPSA) is 107 Å². The van der Waals surface area contributed by atoms with Crippen molar-refractivity contribution >= 4 is 17.8 Å². The molecule has 0 radical (unpaired) electrons. The van der Waals surface area contributed by atoms with E-state index in [0.29, 0.717) is 0 Å². The normalized spacial score (nSPS) is 10.7. The Morgan fingerprint density at radius 3 is 2.33 bits per heavy atom. The van der Waals surface area contributed by atoms with Gasteiger partial charge in [-0.3, -0.25) is 9.59 Å². The molecular weight excluding hydrogens is 213 g/mol. The number of hydrogen-bond acceptors (Lipinski definition) is 4. The van der Waals surface area contributed by atoms with Gasteiger partial charge in [0.15, 0.2) is 0 Å². The minimum absolute atomic E-state index is 0. The third kappa shape index (κ3) is 8.17. The van der Waals surface area contributed by atoms with Gasteiger partial charge in [0.25, 0.3) is 0 Å². The van der Waals surface area contributed by atoms with Gasteiger partial charge in [-0.05, 0) is 12.5 Å². The molecule has 0 aromatic carbocycles. The van der Waals surface area contributed by atoms with Crippen LogP contribution in [0.5, 0.6) is 0 Å². The molecule has 1 amide bonds. The molecule has 0 heterocycles. The molecule has 0 aromatic rings. The molecule has 0 aliphatic rings. The molecule has 0 saturated carbocycles. The van der Waals surface area contributed by atoms with E-state index in [9.17, 15) is 19.5 Å². The minimum Gasteiger partial charge on any atom is -0.548 e. The number of carboxylic acids is 2. The van der Waals surface area contributed by atoms with Crippen molar-refractivity contribution in [2.45, 2.75) is 18.9 Å². The van der Waals surface area contributed by atoms with Crippen LogP contribution in [-0.4, -0.2) is 29.0 Å². The van der Waals surface area contributed by atoms with Crippen molar-refractivity contribution < 1.29 is 54.2 Å². The van der Waals surface area contributed by atoms with Gasteiger partial charge in [0.1, 0.15) is 0 Å². The Labute approximate surface area is 109 Å². The van der Waals surface area contributed by atoms with E-state index in [2.05, 4.69) is 6.58 Å². The van der Waals surface area contributed by atoms with Crippen molar-refractivity contribution in [3.05, 3.63) is 12.7 Å². The molecule has 2 N–H and O–H groups in total. The van der Waals surface area contributed by atoms with E-state index in [1.807, 2.05) is 5.32 Å². The molecule has 0 rings (SSSR count). The standard InChI is InChI=1S/C8H11NO5.Na/c1-2-6(10)9-5(8(13)14)3-4-7(11)12;/h2,5H,1,3-4H2,(H,9,10)(H,11,12)(H,13,14);/q;+1/p-1/t5-;/m0./s1. The maximum absolute atomic E-state index is 10.7. The van der Waals surface area contributed by atoms with Crippen molar-refractivity contribution in [1.29, 1.82) is 0 Å². The number of carbonyl (C=O) groups excluding carboxylic acids is 2. The fraction of sp³-hybridized carbons (Fsp3) is 0.375. The minimum atomic E-state index is -1.51. The summed E-state index contributed by atoms with van der Waals surface area (Å²) < 4.78 is 0. The second-order valence-electron chi connectivity index (χ2n) is 2.52. The Hall–Kier alpha value is -0.850. The van der Waals surface area contributed by atoms with Crippen LogP contribution < -0.4 is 40.0 Å². The zero-order chi connectivity index (χ0) is 11.1. The van der Waals surface area contributed by atoms with E-state index in [1.54, 1.807) is 0 Å². The van der Waals surface area contributed by atoms with Gasteiger partial charge in [-0.1, -0.05) is 6.58 Å². The van der Waals surface area contributed by atoms with Gasteiger partial charge < -0.3 is 20.3 Å². The van der Waals surface area contributed by atoms with E-state index in [1.165, 1.54) is 0 Å². The van der Waals surface area contributed by atoms with Crippen LogP contribution in [0, 0.1) is 0 Å². The molecule has 0 spiro atoms. The maximum atomic E-state index is 10.7. The van der Waals surface area contributed by atoms with Crippen LogP contribution in [-0.2, 0) is 14.4 Å². The van der Waals surface area contributed by atoms with Gasteiger partial charge >= 0.3 is 35.5 Å². The fourth-order valence-electron chi connectivity index (χ4n) is 0.747. The van der Waals surface area contributed by atoms with Crippen molar-refractivity contribution in [3.63, 3.8) is 0 Å². The van der Waals surface area contributed by atoms with Crippen LogP contribution in [0.25, 0.3) is 0 Å². The molecule has 78 valence electrons. The number of amides is 1.